The fourth-order valence-electron chi connectivity index (χ4n) is 1.08. The molecule has 0 saturated heterocycles. The van der Waals surface area contributed by atoms with Crippen LogP contribution in [0.4, 0.5) is 13.2 Å². The van der Waals surface area contributed by atoms with Crippen LogP contribution in [0, 0.1) is 0 Å². The van der Waals surface area contributed by atoms with Crippen molar-refractivity contribution in [2.24, 2.45) is 0 Å². The zero-order valence-corrected chi connectivity index (χ0v) is 9.40. The molecule has 0 saturated carbocycles. The maximum atomic E-state index is 11.9. The second-order valence-electron chi connectivity index (χ2n) is 3.48. The molecule has 1 aromatic carbocycles. The first kappa shape index (κ1) is 14.3. The van der Waals surface area contributed by atoms with Gasteiger partial charge in [-0.2, -0.15) is 0 Å². The summed E-state index contributed by atoms with van der Waals surface area (Å²) in [5, 5.41) is 8.56. The number of ether oxygens (including phenoxy) is 2. The summed E-state index contributed by atoms with van der Waals surface area (Å²) in [6, 6.07) is 5.01. The van der Waals surface area contributed by atoms with Gasteiger partial charge in [-0.05, 0) is 24.6 Å². The lowest BCUT2D eigenvalue weighted by molar-refractivity contribution is -0.274. The van der Waals surface area contributed by atoms with Gasteiger partial charge in [-0.3, -0.25) is 0 Å². The highest BCUT2D eigenvalue weighted by Gasteiger charge is 2.30. The Bertz CT molecular complexity index is 400. The molecule has 0 heterocycles. The van der Waals surface area contributed by atoms with Crippen LogP contribution in [0.1, 0.15) is 12.5 Å². The summed E-state index contributed by atoms with van der Waals surface area (Å²) in [6.07, 6.45) is -5.70. The Hall–Kier alpha value is -1.76. The topological polar surface area (TPSA) is 55.8 Å². The van der Waals surface area contributed by atoms with E-state index in [-0.39, 0.29) is 12.4 Å². The average molecular weight is 264 g/mol. The Balaban J connectivity index is 2.53. The van der Waals surface area contributed by atoms with Crippen LogP contribution in [-0.4, -0.2) is 23.5 Å². The summed E-state index contributed by atoms with van der Waals surface area (Å²) in [5.74, 6) is -1.44. The molecule has 0 bridgehead atoms. The quantitative estimate of drug-likeness (QED) is 0.888. The number of carboxylic acids is 1. The molecule has 0 aliphatic heterocycles. The number of alkyl halides is 3. The smallest absolute Gasteiger partial charge is 0.479 e. The summed E-state index contributed by atoms with van der Waals surface area (Å²) in [5.41, 5.74) is 0.553. The van der Waals surface area contributed by atoms with E-state index in [1.54, 1.807) is 0 Å². The molecule has 0 fully saturated rings. The second-order valence-corrected chi connectivity index (χ2v) is 3.48. The lowest BCUT2D eigenvalue weighted by Crippen LogP contribution is -2.19. The monoisotopic (exact) mass is 264 g/mol. The molecule has 18 heavy (non-hydrogen) atoms. The molecule has 100 valence electrons. The number of aliphatic carboxylic acids is 1. The molecule has 1 atom stereocenters. The van der Waals surface area contributed by atoms with Gasteiger partial charge >= 0.3 is 12.3 Å². The van der Waals surface area contributed by atoms with E-state index < -0.39 is 18.4 Å². The largest absolute Gasteiger partial charge is 0.573 e. The molecule has 1 aromatic rings. The van der Waals surface area contributed by atoms with Crippen LogP contribution >= 0.6 is 0 Å². The van der Waals surface area contributed by atoms with Gasteiger partial charge in [-0.1, -0.05) is 12.1 Å². The second kappa shape index (κ2) is 5.72. The highest BCUT2D eigenvalue weighted by atomic mass is 19.4. The molecule has 0 spiro atoms. The van der Waals surface area contributed by atoms with E-state index >= 15 is 0 Å². The third-order valence-electron chi connectivity index (χ3n) is 2.00. The van der Waals surface area contributed by atoms with Crippen molar-refractivity contribution in [2.75, 3.05) is 0 Å². The van der Waals surface area contributed by atoms with Crippen molar-refractivity contribution in [3.8, 4) is 5.75 Å². The Kier molecular flexibility index (Phi) is 4.55. The van der Waals surface area contributed by atoms with Crippen LogP contribution in [0.15, 0.2) is 24.3 Å². The highest BCUT2D eigenvalue weighted by Crippen LogP contribution is 2.22. The summed E-state index contributed by atoms with van der Waals surface area (Å²) < 4.78 is 44.3. The van der Waals surface area contributed by atoms with E-state index in [2.05, 4.69) is 4.74 Å². The van der Waals surface area contributed by atoms with Gasteiger partial charge in [0.1, 0.15) is 5.75 Å². The molecule has 1 unspecified atom stereocenters. The predicted molar refractivity (Wildman–Crippen MR) is 55.0 cm³/mol. The first-order chi connectivity index (χ1) is 8.28. The van der Waals surface area contributed by atoms with Crippen molar-refractivity contribution in [2.45, 2.75) is 26.0 Å². The van der Waals surface area contributed by atoms with Gasteiger partial charge < -0.3 is 14.6 Å². The van der Waals surface area contributed by atoms with Crippen molar-refractivity contribution in [3.05, 3.63) is 29.8 Å². The van der Waals surface area contributed by atoms with E-state index in [1.165, 1.54) is 19.1 Å². The predicted octanol–water partition coefficient (Wildman–Crippen LogP) is 2.57. The van der Waals surface area contributed by atoms with Crippen molar-refractivity contribution in [1.29, 1.82) is 0 Å². The molecule has 4 nitrogen and oxygen atoms in total. The molecule has 0 aliphatic carbocycles. The average Bonchev–Trinajstić information content (AvgIpc) is 2.25. The fraction of sp³-hybridized carbons (Fsp3) is 0.364. The first-order valence-corrected chi connectivity index (χ1v) is 4.97. The molecule has 1 N–H and O–H groups in total. The standard InChI is InChI=1S/C11H11F3O4/c1-7(10(15)16)17-6-8-2-4-9(5-3-8)18-11(12,13)14/h2-5,7H,6H2,1H3,(H,15,16). The van der Waals surface area contributed by atoms with Gasteiger partial charge in [0, 0.05) is 0 Å². The normalized spacial score (nSPS) is 13.1. The van der Waals surface area contributed by atoms with Crippen LogP contribution in [0.25, 0.3) is 0 Å². The number of carbonyl (C=O) groups is 1. The molecule has 0 aromatic heterocycles. The van der Waals surface area contributed by atoms with Gasteiger partial charge in [-0.15, -0.1) is 13.2 Å². The first-order valence-electron chi connectivity index (χ1n) is 4.97. The minimum Gasteiger partial charge on any atom is -0.479 e. The SMILES string of the molecule is CC(OCc1ccc(OC(F)(F)F)cc1)C(=O)O. The third kappa shape index (κ3) is 5.05. The third-order valence-corrected chi connectivity index (χ3v) is 2.00. The number of hydrogen-bond donors (Lipinski definition) is 1. The molecule has 0 amide bonds. The van der Waals surface area contributed by atoms with Crippen LogP contribution < -0.4 is 4.74 Å². The van der Waals surface area contributed by atoms with Crippen molar-refractivity contribution in [1.82, 2.24) is 0 Å². The summed E-state index contributed by atoms with van der Waals surface area (Å²) in [6.45, 7) is 1.36. The highest BCUT2D eigenvalue weighted by molar-refractivity contribution is 5.71. The molecule has 1 rings (SSSR count). The number of benzene rings is 1. The van der Waals surface area contributed by atoms with Gasteiger partial charge in [0.05, 0.1) is 6.61 Å². The van der Waals surface area contributed by atoms with Crippen molar-refractivity contribution in [3.63, 3.8) is 0 Å². The molecular weight excluding hydrogens is 253 g/mol. The van der Waals surface area contributed by atoms with Gasteiger partial charge in [0.2, 0.25) is 0 Å². The summed E-state index contributed by atoms with van der Waals surface area (Å²) in [7, 11) is 0. The van der Waals surface area contributed by atoms with Gasteiger partial charge in [0.15, 0.2) is 6.10 Å². The molecule has 0 radical (unpaired) electrons. The van der Waals surface area contributed by atoms with E-state index in [4.69, 9.17) is 9.84 Å². The van der Waals surface area contributed by atoms with Crippen LogP contribution in [0.3, 0.4) is 0 Å². The lowest BCUT2D eigenvalue weighted by Gasteiger charge is -2.10. The van der Waals surface area contributed by atoms with E-state index in [9.17, 15) is 18.0 Å². The maximum absolute atomic E-state index is 11.9. The van der Waals surface area contributed by atoms with E-state index in [0.29, 0.717) is 5.56 Å². The minimum atomic E-state index is -4.73. The Morgan fingerprint density at radius 3 is 2.33 bits per heavy atom. The minimum absolute atomic E-state index is 0.000234. The Morgan fingerprint density at radius 2 is 1.89 bits per heavy atom. The summed E-state index contributed by atoms with van der Waals surface area (Å²) >= 11 is 0. The maximum Gasteiger partial charge on any atom is 0.573 e. The molecule has 7 heteroatoms. The zero-order valence-electron chi connectivity index (χ0n) is 9.40. The fourth-order valence-corrected chi connectivity index (χ4v) is 1.08. The van der Waals surface area contributed by atoms with Crippen molar-refractivity contribution >= 4 is 5.97 Å². The lowest BCUT2D eigenvalue weighted by atomic mass is 10.2. The number of rotatable bonds is 5. The Labute approximate surface area is 101 Å². The van der Waals surface area contributed by atoms with Crippen LogP contribution in [-0.2, 0) is 16.1 Å². The van der Waals surface area contributed by atoms with Crippen LogP contribution in [0.5, 0.6) is 5.75 Å². The molecule has 0 aliphatic rings. The van der Waals surface area contributed by atoms with Crippen LogP contribution in [0.2, 0.25) is 0 Å². The summed E-state index contributed by atoms with van der Waals surface area (Å²) in [4.78, 5) is 10.5. The number of carboxylic acid groups (broad SMARTS) is 1. The number of hydrogen-bond acceptors (Lipinski definition) is 3. The number of halogens is 3. The van der Waals surface area contributed by atoms with Gasteiger partial charge in [-0.25, -0.2) is 4.79 Å². The van der Waals surface area contributed by atoms with Gasteiger partial charge in [0.25, 0.3) is 0 Å². The Morgan fingerprint density at radius 1 is 1.33 bits per heavy atom. The molecular formula is C11H11F3O4. The van der Waals surface area contributed by atoms with E-state index in [0.717, 1.165) is 12.1 Å². The van der Waals surface area contributed by atoms with Crippen molar-refractivity contribution < 1.29 is 32.5 Å². The zero-order chi connectivity index (χ0) is 13.8. The van der Waals surface area contributed by atoms with E-state index in [1.807, 2.05) is 0 Å².